The topological polar surface area (TPSA) is 54.2 Å². The minimum absolute atomic E-state index is 0.543. The third-order valence-electron chi connectivity index (χ3n) is 3.55. The normalized spacial score (nSPS) is 18.4. The van der Waals surface area contributed by atoms with E-state index in [0.717, 1.165) is 23.3 Å². The lowest BCUT2D eigenvalue weighted by Crippen LogP contribution is -2.61. The Kier molecular flexibility index (Phi) is 2.13. The monoisotopic (exact) mass is 232 g/mol. The van der Waals surface area contributed by atoms with E-state index >= 15 is 0 Å². The Morgan fingerprint density at radius 3 is 2.88 bits per heavy atom. The summed E-state index contributed by atoms with van der Waals surface area (Å²) in [6.45, 7) is 3.30. The Morgan fingerprint density at radius 2 is 2.18 bits per heavy atom. The van der Waals surface area contributed by atoms with Gasteiger partial charge >= 0.3 is 0 Å². The molecule has 2 aromatic rings. The lowest BCUT2D eigenvalue weighted by Gasteiger charge is -2.46. The van der Waals surface area contributed by atoms with E-state index in [-0.39, 0.29) is 0 Å². The molecule has 0 aromatic carbocycles. The molecule has 0 saturated carbocycles. The van der Waals surface area contributed by atoms with Crippen molar-refractivity contribution in [1.29, 1.82) is 0 Å². The van der Waals surface area contributed by atoms with E-state index in [4.69, 9.17) is 0 Å². The molecular weight excluding hydrogens is 216 g/mol. The van der Waals surface area contributed by atoms with Crippen LogP contribution in [-0.2, 0) is 7.05 Å². The second-order valence-electron chi connectivity index (χ2n) is 4.79. The highest BCUT2D eigenvalue weighted by Crippen LogP contribution is 2.32. The van der Waals surface area contributed by atoms with Crippen LogP contribution in [0.1, 0.15) is 13.3 Å². The molecule has 0 unspecified atom stereocenters. The van der Waals surface area contributed by atoms with Crippen molar-refractivity contribution in [3.05, 3.63) is 18.6 Å². The lowest BCUT2D eigenvalue weighted by molar-refractivity contribution is 0.00822. The minimum Gasteiger partial charge on any atom is -0.386 e. The van der Waals surface area contributed by atoms with Crippen LogP contribution in [0.15, 0.2) is 18.6 Å². The molecule has 1 aliphatic rings. The van der Waals surface area contributed by atoms with E-state index in [9.17, 15) is 5.11 Å². The van der Waals surface area contributed by atoms with Gasteiger partial charge in [-0.15, -0.1) is 0 Å². The molecule has 1 saturated heterocycles. The third kappa shape index (κ3) is 1.50. The summed E-state index contributed by atoms with van der Waals surface area (Å²) >= 11 is 0. The van der Waals surface area contributed by atoms with Crippen LogP contribution in [0.2, 0.25) is 0 Å². The number of pyridine rings is 1. The van der Waals surface area contributed by atoms with Crippen LogP contribution in [0.3, 0.4) is 0 Å². The zero-order chi connectivity index (χ0) is 12.0. The summed E-state index contributed by atoms with van der Waals surface area (Å²) in [5.41, 5.74) is 1.44. The van der Waals surface area contributed by atoms with Crippen molar-refractivity contribution in [1.82, 2.24) is 14.5 Å². The number of aliphatic hydroxyl groups is 1. The zero-order valence-electron chi connectivity index (χ0n) is 10.1. The van der Waals surface area contributed by atoms with Gasteiger partial charge in [0.05, 0.1) is 30.5 Å². The summed E-state index contributed by atoms with van der Waals surface area (Å²) in [7, 11) is 1.97. The molecule has 0 bridgehead atoms. The number of rotatable bonds is 2. The number of aryl methyl sites for hydroxylation is 1. The smallest absolute Gasteiger partial charge is 0.156 e. The largest absolute Gasteiger partial charge is 0.386 e. The third-order valence-corrected chi connectivity index (χ3v) is 3.55. The molecule has 0 radical (unpaired) electrons. The summed E-state index contributed by atoms with van der Waals surface area (Å²) in [6.07, 6.45) is 4.37. The quantitative estimate of drug-likeness (QED) is 0.837. The van der Waals surface area contributed by atoms with Crippen LogP contribution in [-0.4, -0.2) is 38.3 Å². The second-order valence-corrected chi connectivity index (χ2v) is 4.79. The summed E-state index contributed by atoms with van der Waals surface area (Å²) in [6, 6.07) is 1.96. The maximum atomic E-state index is 10.0. The number of β-amino-alcohol motifs (C(OH)–C–C–N with tert-alkyl or cyclic N) is 1. The van der Waals surface area contributed by atoms with Crippen molar-refractivity contribution in [2.24, 2.45) is 7.05 Å². The van der Waals surface area contributed by atoms with Crippen LogP contribution in [0.25, 0.3) is 11.0 Å². The Balaban J connectivity index is 1.97. The van der Waals surface area contributed by atoms with Gasteiger partial charge in [0.15, 0.2) is 5.82 Å². The van der Waals surface area contributed by atoms with Crippen LogP contribution in [0.5, 0.6) is 0 Å². The van der Waals surface area contributed by atoms with Gasteiger partial charge in [0.25, 0.3) is 0 Å². The SMILES string of the molecule is CCC1(O)CN(c2nccc3c2ncn3C)C1. The van der Waals surface area contributed by atoms with E-state index in [1.807, 2.05) is 24.6 Å². The molecule has 0 spiro atoms. The van der Waals surface area contributed by atoms with Gasteiger partial charge in [-0.05, 0) is 12.5 Å². The van der Waals surface area contributed by atoms with E-state index < -0.39 is 5.60 Å². The van der Waals surface area contributed by atoms with Crippen molar-refractivity contribution >= 4 is 16.9 Å². The molecule has 3 rings (SSSR count). The highest BCUT2D eigenvalue weighted by atomic mass is 16.3. The predicted octanol–water partition coefficient (Wildman–Crippen LogP) is 0.929. The fraction of sp³-hybridized carbons (Fsp3) is 0.500. The molecule has 3 heterocycles. The standard InChI is InChI=1S/C12H16N4O/c1-3-12(17)6-16(7-12)11-10-9(4-5-13-11)15(2)8-14-10/h4-5,8,17H,3,6-7H2,1-2H3. The predicted molar refractivity (Wildman–Crippen MR) is 66.0 cm³/mol. The number of hydrogen-bond donors (Lipinski definition) is 1. The highest BCUT2D eigenvalue weighted by Gasteiger charge is 2.40. The Morgan fingerprint density at radius 1 is 1.41 bits per heavy atom. The first kappa shape index (κ1) is 10.5. The Labute approximate surface area is 99.7 Å². The second kappa shape index (κ2) is 3.43. The molecule has 1 aliphatic heterocycles. The van der Waals surface area contributed by atoms with Crippen molar-refractivity contribution in [2.75, 3.05) is 18.0 Å². The first-order chi connectivity index (χ1) is 8.13. The van der Waals surface area contributed by atoms with Gasteiger partial charge in [-0.3, -0.25) is 0 Å². The minimum atomic E-state index is -0.543. The van der Waals surface area contributed by atoms with Gasteiger partial charge in [0, 0.05) is 13.2 Å². The number of anilines is 1. The van der Waals surface area contributed by atoms with Gasteiger partial charge in [0.2, 0.25) is 0 Å². The summed E-state index contributed by atoms with van der Waals surface area (Å²) in [4.78, 5) is 10.8. The van der Waals surface area contributed by atoms with Gasteiger partial charge in [-0.25, -0.2) is 9.97 Å². The molecular formula is C12H16N4O. The van der Waals surface area contributed by atoms with Crippen LogP contribution >= 0.6 is 0 Å². The van der Waals surface area contributed by atoms with Crippen LogP contribution < -0.4 is 4.90 Å². The molecule has 0 amide bonds. The van der Waals surface area contributed by atoms with E-state index in [1.165, 1.54) is 0 Å². The summed E-state index contributed by atoms with van der Waals surface area (Å²) in [5, 5.41) is 10.0. The Bertz CT molecular complexity index is 557. The zero-order valence-corrected chi connectivity index (χ0v) is 10.1. The van der Waals surface area contributed by atoms with Crippen molar-refractivity contribution in [3.63, 3.8) is 0 Å². The highest BCUT2D eigenvalue weighted by molar-refractivity contribution is 5.86. The van der Waals surface area contributed by atoms with Gasteiger partial charge in [-0.2, -0.15) is 0 Å². The number of fused-ring (bicyclic) bond motifs is 1. The summed E-state index contributed by atoms with van der Waals surface area (Å²) in [5.74, 6) is 0.876. The molecule has 2 aromatic heterocycles. The number of aromatic nitrogens is 3. The fourth-order valence-electron chi connectivity index (χ4n) is 2.32. The van der Waals surface area contributed by atoms with Gasteiger partial charge in [-0.1, -0.05) is 6.92 Å². The lowest BCUT2D eigenvalue weighted by atomic mass is 9.91. The average Bonchev–Trinajstić information content (AvgIpc) is 2.67. The molecule has 17 heavy (non-hydrogen) atoms. The van der Waals surface area contributed by atoms with Gasteiger partial charge in [0.1, 0.15) is 5.52 Å². The van der Waals surface area contributed by atoms with E-state index in [1.54, 1.807) is 12.5 Å². The molecule has 5 nitrogen and oxygen atoms in total. The number of imidazole rings is 1. The average molecular weight is 232 g/mol. The van der Waals surface area contributed by atoms with Crippen LogP contribution in [0, 0.1) is 0 Å². The molecule has 5 heteroatoms. The fourth-order valence-corrected chi connectivity index (χ4v) is 2.32. The first-order valence-electron chi connectivity index (χ1n) is 5.86. The summed E-state index contributed by atoms with van der Waals surface area (Å²) < 4.78 is 1.98. The Hall–Kier alpha value is -1.62. The first-order valence-corrected chi connectivity index (χ1v) is 5.86. The van der Waals surface area contributed by atoms with E-state index in [0.29, 0.717) is 13.1 Å². The molecule has 1 fully saturated rings. The molecule has 0 aliphatic carbocycles. The number of hydrogen-bond acceptors (Lipinski definition) is 4. The molecule has 90 valence electrons. The van der Waals surface area contributed by atoms with Crippen molar-refractivity contribution in [3.8, 4) is 0 Å². The van der Waals surface area contributed by atoms with Crippen molar-refractivity contribution in [2.45, 2.75) is 18.9 Å². The van der Waals surface area contributed by atoms with Crippen LogP contribution in [0.4, 0.5) is 5.82 Å². The number of nitrogens with zero attached hydrogens (tertiary/aromatic N) is 4. The molecule has 0 atom stereocenters. The maximum Gasteiger partial charge on any atom is 0.156 e. The van der Waals surface area contributed by atoms with E-state index in [2.05, 4.69) is 14.9 Å². The van der Waals surface area contributed by atoms with Crippen molar-refractivity contribution < 1.29 is 5.11 Å². The van der Waals surface area contributed by atoms with Gasteiger partial charge < -0.3 is 14.6 Å². The molecule has 1 N–H and O–H groups in total. The maximum absolute atomic E-state index is 10.0.